The first-order valence-electron chi connectivity index (χ1n) is 5.83. The van der Waals surface area contributed by atoms with Gasteiger partial charge in [-0.2, -0.15) is 0 Å². The van der Waals surface area contributed by atoms with Crippen LogP contribution in [0.5, 0.6) is 0 Å². The lowest BCUT2D eigenvalue weighted by Gasteiger charge is -2.06. The van der Waals surface area contributed by atoms with Crippen molar-refractivity contribution in [3.63, 3.8) is 0 Å². The van der Waals surface area contributed by atoms with Crippen LogP contribution in [0.4, 0.5) is 5.95 Å². The highest BCUT2D eigenvalue weighted by atomic mass is 79.9. The molecule has 0 saturated carbocycles. The lowest BCUT2D eigenvalue weighted by molar-refractivity contribution is 0.661. The molecule has 0 fully saturated rings. The van der Waals surface area contributed by atoms with Crippen LogP contribution >= 0.6 is 15.9 Å². The van der Waals surface area contributed by atoms with Crippen LogP contribution in [0.1, 0.15) is 12.7 Å². The zero-order valence-corrected chi connectivity index (χ0v) is 11.9. The van der Waals surface area contributed by atoms with E-state index in [9.17, 15) is 0 Å². The summed E-state index contributed by atoms with van der Waals surface area (Å²) in [7, 11) is 0. The Hall–Kier alpha value is -1.96. The van der Waals surface area contributed by atoms with Gasteiger partial charge in [-0.1, -0.05) is 0 Å². The lowest BCUT2D eigenvalue weighted by Crippen LogP contribution is -2.10. The Kier molecular flexibility index (Phi) is 2.94. The standard InChI is InChI=1S/C11H12BrN7/c1-2-18-6-15-17-9(18)5-19-10-8(16-11(19)13)3-7(12)4-14-10/h3-4,6H,2,5H2,1H3,(H2,13,16). The Labute approximate surface area is 117 Å². The van der Waals surface area contributed by atoms with Gasteiger partial charge in [0.2, 0.25) is 5.95 Å². The fraction of sp³-hybridized carbons (Fsp3) is 0.273. The van der Waals surface area contributed by atoms with Gasteiger partial charge in [-0.25, -0.2) is 9.97 Å². The zero-order chi connectivity index (χ0) is 13.4. The minimum Gasteiger partial charge on any atom is -0.369 e. The topological polar surface area (TPSA) is 87.4 Å². The second-order valence-electron chi connectivity index (χ2n) is 4.09. The molecule has 3 aromatic heterocycles. The van der Waals surface area contributed by atoms with E-state index in [-0.39, 0.29) is 0 Å². The summed E-state index contributed by atoms with van der Waals surface area (Å²) in [5.41, 5.74) is 7.45. The summed E-state index contributed by atoms with van der Waals surface area (Å²) >= 11 is 3.37. The Morgan fingerprint density at radius 3 is 3.05 bits per heavy atom. The van der Waals surface area contributed by atoms with Gasteiger partial charge in [-0.15, -0.1) is 10.2 Å². The van der Waals surface area contributed by atoms with Gasteiger partial charge in [0.1, 0.15) is 11.8 Å². The molecule has 0 aromatic carbocycles. The predicted molar refractivity (Wildman–Crippen MR) is 74.4 cm³/mol. The predicted octanol–water partition coefficient (Wildman–Crippen LogP) is 1.44. The molecule has 8 heteroatoms. The summed E-state index contributed by atoms with van der Waals surface area (Å²) < 4.78 is 4.67. The number of halogens is 1. The number of pyridine rings is 1. The van der Waals surface area contributed by atoms with Crippen molar-refractivity contribution in [1.82, 2.24) is 29.3 Å². The van der Waals surface area contributed by atoms with Crippen molar-refractivity contribution in [3.8, 4) is 0 Å². The molecule has 19 heavy (non-hydrogen) atoms. The first-order valence-corrected chi connectivity index (χ1v) is 6.62. The second kappa shape index (κ2) is 4.61. The van der Waals surface area contributed by atoms with Crippen molar-refractivity contribution in [2.75, 3.05) is 5.73 Å². The monoisotopic (exact) mass is 321 g/mol. The molecule has 0 unspecified atom stereocenters. The van der Waals surface area contributed by atoms with E-state index in [2.05, 4.69) is 36.1 Å². The number of rotatable bonds is 3. The third-order valence-electron chi connectivity index (χ3n) is 2.92. The van der Waals surface area contributed by atoms with Gasteiger partial charge in [0.15, 0.2) is 11.5 Å². The van der Waals surface area contributed by atoms with Crippen LogP contribution in [0, 0.1) is 0 Å². The summed E-state index contributed by atoms with van der Waals surface area (Å²) in [4.78, 5) is 8.65. The van der Waals surface area contributed by atoms with Crippen molar-refractivity contribution in [1.29, 1.82) is 0 Å². The molecule has 98 valence electrons. The second-order valence-corrected chi connectivity index (χ2v) is 5.00. The maximum Gasteiger partial charge on any atom is 0.202 e. The molecule has 0 aliphatic rings. The van der Waals surface area contributed by atoms with Crippen molar-refractivity contribution in [3.05, 3.63) is 28.9 Å². The highest BCUT2D eigenvalue weighted by Crippen LogP contribution is 2.20. The molecule has 0 aliphatic heterocycles. The highest BCUT2D eigenvalue weighted by molar-refractivity contribution is 9.10. The number of hydrogen-bond donors (Lipinski definition) is 1. The van der Waals surface area contributed by atoms with Gasteiger partial charge in [0.25, 0.3) is 0 Å². The minimum absolute atomic E-state index is 0.422. The number of fused-ring (bicyclic) bond motifs is 1. The number of aromatic nitrogens is 6. The summed E-state index contributed by atoms with van der Waals surface area (Å²) in [6, 6.07) is 1.89. The van der Waals surface area contributed by atoms with Gasteiger partial charge in [0, 0.05) is 17.2 Å². The third kappa shape index (κ3) is 2.07. The molecule has 7 nitrogen and oxygen atoms in total. The molecule has 0 radical (unpaired) electrons. The van der Waals surface area contributed by atoms with Crippen LogP contribution in [-0.2, 0) is 13.1 Å². The Bertz CT molecular complexity index is 730. The first-order chi connectivity index (χ1) is 9.19. The van der Waals surface area contributed by atoms with Crippen LogP contribution < -0.4 is 5.73 Å². The number of aryl methyl sites for hydroxylation is 1. The zero-order valence-electron chi connectivity index (χ0n) is 10.3. The molecule has 0 aliphatic carbocycles. The summed E-state index contributed by atoms with van der Waals surface area (Å²) in [6.07, 6.45) is 3.43. The maximum absolute atomic E-state index is 5.95. The Morgan fingerprint density at radius 1 is 1.42 bits per heavy atom. The number of nitrogens with two attached hydrogens (primary N) is 1. The quantitative estimate of drug-likeness (QED) is 0.788. The van der Waals surface area contributed by atoms with Crippen molar-refractivity contribution in [2.24, 2.45) is 0 Å². The van der Waals surface area contributed by atoms with Crippen LogP contribution in [-0.4, -0.2) is 29.3 Å². The van der Waals surface area contributed by atoms with E-state index in [1.165, 1.54) is 0 Å². The minimum atomic E-state index is 0.422. The Balaban J connectivity index is 2.08. The maximum atomic E-state index is 5.95. The van der Waals surface area contributed by atoms with E-state index >= 15 is 0 Å². The van der Waals surface area contributed by atoms with Crippen molar-refractivity contribution in [2.45, 2.75) is 20.0 Å². The normalized spacial score (nSPS) is 11.3. The van der Waals surface area contributed by atoms with E-state index in [0.717, 1.165) is 28.0 Å². The molecule has 3 aromatic rings. The lowest BCUT2D eigenvalue weighted by atomic mass is 10.4. The molecule has 0 atom stereocenters. The molecule has 3 rings (SSSR count). The molecule has 0 amide bonds. The summed E-state index contributed by atoms with van der Waals surface area (Å²) in [5.74, 6) is 1.25. The van der Waals surface area contributed by atoms with Gasteiger partial charge < -0.3 is 10.3 Å². The van der Waals surface area contributed by atoms with E-state index in [0.29, 0.717) is 12.5 Å². The van der Waals surface area contributed by atoms with Gasteiger partial charge in [-0.3, -0.25) is 4.57 Å². The van der Waals surface area contributed by atoms with Gasteiger partial charge in [-0.05, 0) is 28.9 Å². The van der Waals surface area contributed by atoms with Crippen LogP contribution in [0.15, 0.2) is 23.1 Å². The average Bonchev–Trinajstić information content (AvgIpc) is 2.95. The van der Waals surface area contributed by atoms with Crippen LogP contribution in [0.3, 0.4) is 0 Å². The van der Waals surface area contributed by atoms with E-state index < -0.39 is 0 Å². The third-order valence-corrected chi connectivity index (χ3v) is 3.35. The Morgan fingerprint density at radius 2 is 2.26 bits per heavy atom. The number of nitrogens with zero attached hydrogens (tertiary/aromatic N) is 6. The molecule has 0 spiro atoms. The smallest absolute Gasteiger partial charge is 0.202 e. The molecule has 3 heterocycles. The average molecular weight is 322 g/mol. The SMILES string of the molecule is CCn1cnnc1Cn1c(N)nc2cc(Br)cnc21. The fourth-order valence-corrected chi connectivity index (χ4v) is 2.29. The molecular formula is C11H12BrN7. The largest absolute Gasteiger partial charge is 0.369 e. The number of imidazole rings is 1. The van der Waals surface area contributed by atoms with Gasteiger partial charge in [0.05, 0.1) is 6.54 Å². The number of hydrogen-bond acceptors (Lipinski definition) is 5. The fourth-order valence-electron chi connectivity index (χ4n) is 1.97. The molecule has 0 bridgehead atoms. The van der Waals surface area contributed by atoms with Crippen molar-refractivity contribution < 1.29 is 0 Å². The summed E-state index contributed by atoms with van der Waals surface area (Å²) in [6.45, 7) is 3.36. The molecule has 2 N–H and O–H groups in total. The number of anilines is 1. The van der Waals surface area contributed by atoms with E-state index in [4.69, 9.17) is 5.73 Å². The molecular weight excluding hydrogens is 310 g/mol. The van der Waals surface area contributed by atoms with Crippen molar-refractivity contribution >= 4 is 33.0 Å². The summed E-state index contributed by atoms with van der Waals surface area (Å²) in [5, 5.41) is 8.01. The van der Waals surface area contributed by atoms with Crippen LogP contribution in [0.25, 0.3) is 11.2 Å². The van der Waals surface area contributed by atoms with E-state index in [1.54, 1.807) is 12.5 Å². The van der Waals surface area contributed by atoms with E-state index in [1.807, 2.05) is 22.1 Å². The van der Waals surface area contributed by atoms with Crippen LogP contribution in [0.2, 0.25) is 0 Å². The van der Waals surface area contributed by atoms with Gasteiger partial charge >= 0.3 is 0 Å². The first kappa shape index (κ1) is 12.1. The number of nitrogen functional groups attached to an aromatic ring is 1. The highest BCUT2D eigenvalue weighted by Gasteiger charge is 2.12. The molecule has 0 saturated heterocycles.